The highest BCUT2D eigenvalue weighted by Crippen LogP contribution is 2.33. The van der Waals surface area contributed by atoms with Crippen molar-refractivity contribution < 1.29 is 18.3 Å². The van der Waals surface area contributed by atoms with Gasteiger partial charge in [0.05, 0.1) is 13.2 Å². The number of benzene rings is 1. The van der Waals surface area contributed by atoms with Crippen molar-refractivity contribution in [3.05, 3.63) is 17.7 Å². The van der Waals surface area contributed by atoms with Crippen LogP contribution in [0.5, 0.6) is 5.75 Å². The third kappa shape index (κ3) is 3.14. The quantitative estimate of drug-likeness (QED) is 0.790. The van der Waals surface area contributed by atoms with E-state index in [2.05, 4.69) is 0 Å². The van der Waals surface area contributed by atoms with E-state index in [0.717, 1.165) is 5.56 Å². The Morgan fingerprint density at radius 3 is 2.57 bits per heavy atom. The van der Waals surface area contributed by atoms with Crippen LogP contribution >= 0.6 is 0 Å². The second-order valence-corrected chi connectivity index (χ2v) is 7.65. The van der Waals surface area contributed by atoms with Crippen LogP contribution in [0.15, 0.2) is 17.0 Å². The summed E-state index contributed by atoms with van der Waals surface area (Å²) in [6.45, 7) is 2.18. The number of anilines is 1. The van der Waals surface area contributed by atoms with Gasteiger partial charge < -0.3 is 15.6 Å². The lowest BCUT2D eigenvalue weighted by Gasteiger charge is -2.34. The van der Waals surface area contributed by atoms with Crippen LogP contribution < -0.4 is 10.5 Å². The Morgan fingerprint density at radius 2 is 2.05 bits per heavy atom. The SMILES string of the molecule is COc1cc(C)c(N)cc1S(=O)(=O)N(C)CC1CC(O)C1. The van der Waals surface area contributed by atoms with E-state index in [1.807, 2.05) is 0 Å². The smallest absolute Gasteiger partial charge is 0.246 e. The number of methoxy groups -OCH3 is 1. The largest absolute Gasteiger partial charge is 0.495 e. The molecule has 0 aromatic heterocycles. The van der Waals surface area contributed by atoms with Gasteiger partial charge in [-0.15, -0.1) is 0 Å². The van der Waals surface area contributed by atoms with E-state index in [9.17, 15) is 13.5 Å². The Balaban J connectivity index is 2.28. The molecule has 6 nitrogen and oxygen atoms in total. The number of aliphatic hydroxyl groups is 1. The van der Waals surface area contributed by atoms with Crippen LogP contribution in [-0.2, 0) is 10.0 Å². The number of aliphatic hydroxyl groups excluding tert-OH is 1. The molecule has 21 heavy (non-hydrogen) atoms. The number of hydrogen-bond acceptors (Lipinski definition) is 5. The Labute approximate surface area is 125 Å². The van der Waals surface area contributed by atoms with Crippen LogP contribution in [-0.4, -0.2) is 44.6 Å². The van der Waals surface area contributed by atoms with Gasteiger partial charge in [0, 0.05) is 19.3 Å². The molecule has 7 heteroatoms. The molecule has 1 aromatic carbocycles. The van der Waals surface area contributed by atoms with Crippen molar-refractivity contribution in [1.82, 2.24) is 4.31 Å². The second-order valence-electron chi connectivity index (χ2n) is 5.64. The Bertz CT molecular complexity index is 624. The first kappa shape index (κ1) is 16.1. The van der Waals surface area contributed by atoms with Gasteiger partial charge in [0.2, 0.25) is 10.0 Å². The van der Waals surface area contributed by atoms with E-state index < -0.39 is 10.0 Å². The second kappa shape index (κ2) is 5.82. The van der Waals surface area contributed by atoms with Crippen LogP contribution in [0.1, 0.15) is 18.4 Å². The third-order valence-electron chi connectivity index (χ3n) is 3.97. The molecule has 0 amide bonds. The zero-order chi connectivity index (χ0) is 15.8. The molecule has 0 atom stereocenters. The summed E-state index contributed by atoms with van der Waals surface area (Å²) >= 11 is 0. The molecule has 0 unspecified atom stereocenters. The molecular formula is C14H22N2O4S. The maximum Gasteiger partial charge on any atom is 0.246 e. The summed E-state index contributed by atoms with van der Waals surface area (Å²) in [4.78, 5) is 0.0791. The fourth-order valence-electron chi connectivity index (χ4n) is 2.52. The van der Waals surface area contributed by atoms with Crippen LogP contribution in [0.25, 0.3) is 0 Å². The number of hydrogen-bond donors (Lipinski definition) is 2. The fourth-order valence-corrected chi connectivity index (χ4v) is 3.93. The number of nitrogen functional groups attached to an aromatic ring is 1. The van der Waals surface area contributed by atoms with Gasteiger partial charge >= 0.3 is 0 Å². The summed E-state index contributed by atoms with van der Waals surface area (Å²) in [5.74, 6) is 0.496. The zero-order valence-corrected chi connectivity index (χ0v) is 13.4. The van der Waals surface area contributed by atoms with Gasteiger partial charge in [-0.2, -0.15) is 0 Å². The van der Waals surface area contributed by atoms with Gasteiger partial charge in [-0.25, -0.2) is 12.7 Å². The highest BCUT2D eigenvalue weighted by molar-refractivity contribution is 7.89. The summed E-state index contributed by atoms with van der Waals surface area (Å²) in [6, 6.07) is 3.07. The zero-order valence-electron chi connectivity index (χ0n) is 12.5. The van der Waals surface area contributed by atoms with Crippen molar-refractivity contribution in [3.8, 4) is 5.75 Å². The molecule has 1 fully saturated rings. The van der Waals surface area contributed by atoms with Gasteiger partial charge in [-0.3, -0.25) is 0 Å². The predicted octanol–water partition coefficient (Wildman–Crippen LogP) is 0.977. The molecule has 0 radical (unpaired) electrons. The maximum absolute atomic E-state index is 12.7. The monoisotopic (exact) mass is 314 g/mol. The summed E-state index contributed by atoms with van der Waals surface area (Å²) in [6.07, 6.45) is 0.996. The number of nitrogens with zero attached hydrogens (tertiary/aromatic N) is 1. The van der Waals surface area contributed by atoms with Crippen LogP contribution in [0.2, 0.25) is 0 Å². The molecule has 1 aliphatic carbocycles. The summed E-state index contributed by atoms with van der Waals surface area (Å²) in [5, 5.41) is 9.30. The van der Waals surface area contributed by atoms with Crippen molar-refractivity contribution in [2.75, 3.05) is 26.4 Å². The van der Waals surface area contributed by atoms with Crippen molar-refractivity contribution >= 4 is 15.7 Å². The molecule has 1 aromatic rings. The molecule has 118 valence electrons. The van der Waals surface area contributed by atoms with Gasteiger partial charge in [0.25, 0.3) is 0 Å². The summed E-state index contributed by atoms with van der Waals surface area (Å²) in [7, 11) is -0.689. The van der Waals surface area contributed by atoms with Crippen molar-refractivity contribution in [3.63, 3.8) is 0 Å². The first-order valence-corrected chi connectivity index (χ1v) is 8.28. The van der Waals surface area contributed by atoms with Gasteiger partial charge in [0.15, 0.2) is 0 Å². The van der Waals surface area contributed by atoms with E-state index in [0.29, 0.717) is 30.8 Å². The Hall–Kier alpha value is -1.31. The number of ether oxygens (including phenoxy) is 1. The molecule has 2 rings (SSSR count). The number of nitrogens with two attached hydrogens (primary N) is 1. The normalized spacial score (nSPS) is 22.1. The van der Waals surface area contributed by atoms with Crippen LogP contribution in [0, 0.1) is 12.8 Å². The van der Waals surface area contributed by atoms with E-state index in [4.69, 9.17) is 10.5 Å². The standard InChI is InChI=1S/C14H22N2O4S/c1-9-4-13(20-3)14(7-12(9)15)21(18,19)16(2)8-10-5-11(17)6-10/h4,7,10-11,17H,5-6,8,15H2,1-3H3. The number of sulfonamides is 1. The van der Waals surface area contributed by atoms with Gasteiger partial charge in [-0.05, 0) is 43.4 Å². The van der Waals surface area contributed by atoms with Crippen molar-refractivity contribution in [2.24, 2.45) is 5.92 Å². The molecular weight excluding hydrogens is 292 g/mol. The lowest BCUT2D eigenvalue weighted by Crippen LogP contribution is -2.39. The highest BCUT2D eigenvalue weighted by atomic mass is 32.2. The fraction of sp³-hybridized carbons (Fsp3) is 0.571. The first-order valence-electron chi connectivity index (χ1n) is 6.84. The minimum absolute atomic E-state index is 0.0791. The molecule has 1 aliphatic rings. The number of aryl methyl sites for hydroxylation is 1. The molecule has 1 saturated carbocycles. The maximum atomic E-state index is 12.7. The van der Waals surface area contributed by atoms with E-state index in [-0.39, 0.29) is 16.9 Å². The molecule has 0 heterocycles. The van der Waals surface area contributed by atoms with Crippen molar-refractivity contribution in [1.29, 1.82) is 0 Å². The average Bonchev–Trinajstić information content (AvgIpc) is 2.39. The Morgan fingerprint density at radius 1 is 1.43 bits per heavy atom. The highest BCUT2D eigenvalue weighted by Gasteiger charge is 2.33. The van der Waals surface area contributed by atoms with Crippen molar-refractivity contribution in [2.45, 2.75) is 30.8 Å². The molecule has 3 N–H and O–H groups in total. The average molecular weight is 314 g/mol. The lowest BCUT2D eigenvalue weighted by atomic mass is 9.82. The minimum atomic E-state index is -3.66. The van der Waals surface area contributed by atoms with Crippen LogP contribution in [0.4, 0.5) is 5.69 Å². The van der Waals surface area contributed by atoms with Gasteiger partial charge in [-0.1, -0.05) is 0 Å². The molecule has 0 aliphatic heterocycles. The summed E-state index contributed by atoms with van der Waals surface area (Å²) in [5.41, 5.74) is 7.02. The molecule has 0 bridgehead atoms. The Kier molecular flexibility index (Phi) is 4.46. The van der Waals surface area contributed by atoms with E-state index in [1.165, 1.54) is 24.5 Å². The molecule has 0 saturated heterocycles. The van der Waals surface area contributed by atoms with Gasteiger partial charge in [0.1, 0.15) is 10.6 Å². The molecule has 0 spiro atoms. The van der Waals surface area contributed by atoms with Crippen LogP contribution in [0.3, 0.4) is 0 Å². The first-order chi connectivity index (χ1) is 9.75. The lowest BCUT2D eigenvalue weighted by molar-refractivity contribution is 0.0367. The van der Waals surface area contributed by atoms with E-state index in [1.54, 1.807) is 13.0 Å². The number of rotatable bonds is 5. The predicted molar refractivity (Wildman–Crippen MR) is 80.7 cm³/mol. The topological polar surface area (TPSA) is 92.9 Å². The minimum Gasteiger partial charge on any atom is -0.495 e. The van der Waals surface area contributed by atoms with E-state index >= 15 is 0 Å². The third-order valence-corrected chi connectivity index (χ3v) is 5.81. The summed E-state index contributed by atoms with van der Waals surface area (Å²) < 4.78 is 31.8.